The standard InChI is InChI=1S/C31H27F3N4O4/c1-3-7-26-35-25(4-2)27(21-14-16-22(17-15-21)41-31(32,33)34)29(39)38(26)18-19-10-12-20(13-11-19)23-8-5-6-9-24(23)28-36-30(40)42-37-28/h5-6,8-17H,3-4,7,18H2,1-2H3,(H,36,37,40)/p-1. The molecular weight excluding hydrogens is 549 g/mol. The van der Waals surface area contributed by atoms with E-state index in [1.807, 2.05) is 56.3 Å². The van der Waals surface area contributed by atoms with Crippen LogP contribution in [0.25, 0.3) is 33.6 Å². The minimum atomic E-state index is -4.81. The Balaban J connectivity index is 1.50. The molecule has 0 fully saturated rings. The lowest BCUT2D eigenvalue weighted by Crippen LogP contribution is -2.29. The van der Waals surface area contributed by atoms with Gasteiger partial charge in [-0.3, -0.25) is 9.36 Å². The van der Waals surface area contributed by atoms with E-state index in [0.29, 0.717) is 41.1 Å². The lowest BCUT2D eigenvalue weighted by molar-refractivity contribution is -0.303. The van der Waals surface area contributed by atoms with Gasteiger partial charge in [-0.25, -0.2) is 9.97 Å². The topological polar surface area (TPSA) is 106 Å². The molecule has 2 aromatic heterocycles. The van der Waals surface area contributed by atoms with Crippen molar-refractivity contribution in [2.45, 2.75) is 46.0 Å². The zero-order chi connectivity index (χ0) is 29.9. The molecule has 0 atom stereocenters. The van der Waals surface area contributed by atoms with E-state index >= 15 is 0 Å². The van der Waals surface area contributed by atoms with Crippen molar-refractivity contribution < 1.29 is 27.5 Å². The molecule has 5 aromatic rings. The van der Waals surface area contributed by atoms with E-state index in [2.05, 4.69) is 19.4 Å². The molecule has 3 aromatic carbocycles. The first kappa shape index (κ1) is 28.6. The summed E-state index contributed by atoms with van der Waals surface area (Å²) < 4.78 is 48.1. The van der Waals surface area contributed by atoms with Crippen LogP contribution in [0.1, 0.15) is 37.4 Å². The fourth-order valence-electron chi connectivity index (χ4n) is 4.82. The maximum atomic E-state index is 13.9. The van der Waals surface area contributed by atoms with E-state index in [-0.39, 0.29) is 23.7 Å². The molecule has 5 rings (SSSR count). The fraction of sp³-hybridized carbons (Fsp3) is 0.226. The number of aromatic nitrogens is 4. The van der Waals surface area contributed by atoms with Crippen LogP contribution in [0.15, 0.2) is 82.1 Å². The van der Waals surface area contributed by atoms with Crippen LogP contribution in [0, 0.1) is 0 Å². The molecular formula is C31H26F3N4O4-. The lowest BCUT2D eigenvalue weighted by Gasteiger charge is -2.17. The SMILES string of the molecule is CCCc1nc(CC)c(-c2ccc(OC(F)(F)F)cc2)c(=O)n1Cc1ccc(-c2ccccc2-c2noc([O-])n2)cc1. The Bertz CT molecular complexity index is 1740. The zero-order valence-electron chi connectivity index (χ0n) is 22.8. The Morgan fingerprint density at radius 3 is 2.17 bits per heavy atom. The number of benzene rings is 3. The third-order valence-corrected chi connectivity index (χ3v) is 6.69. The molecule has 0 bridgehead atoms. The molecule has 0 saturated heterocycles. The number of hydrogen-bond donors (Lipinski definition) is 0. The average Bonchev–Trinajstić information content (AvgIpc) is 3.41. The highest BCUT2D eigenvalue weighted by Crippen LogP contribution is 2.31. The van der Waals surface area contributed by atoms with Crippen LogP contribution < -0.4 is 15.4 Å². The minimum Gasteiger partial charge on any atom is -0.528 e. The summed E-state index contributed by atoms with van der Waals surface area (Å²) in [5.74, 6) is 0.470. The Kier molecular flexibility index (Phi) is 8.10. The summed E-state index contributed by atoms with van der Waals surface area (Å²) in [7, 11) is 0. The van der Waals surface area contributed by atoms with Gasteiger partial charge in [0.1, 0.15) is 11.6 Å². The normalized spacial score (nSPS) is 11.5. The third-order valence-electron chi connectivity index (χ3n) is 6.69. The monoisotopic (exact) mass is 575 g/mol. The molecule has 0 N–H and O–H groups in total. The van der Waals surface area contributed by atoms with Crippen molar-refractivity contribution in [3.8, 4) is 45.5 Å². The van der Waals surface area contributed by atoms with Crippen LogP contribution in [-0.4, -0.2) is 26.1 Å². The molecule has 0 unspecified atom stereocenters. The molecule has 0 saturated carbocycles. The van der Waals surface area contributed by atoms with E-state index in [1.165, 1.54) is 24.3 Å². The van der Waals surface area contributed by atoms with Gasteiger partial charge in [-0.15, -0.1) is 13.2 Å². The summed E-state index contributed by atoms with van der Waals surface area (Å²) in [5.41, 5.74) is 4.28. The summed E-state index contributed by atoms with van der Waals surface area (Å²) >= 11 is 0. The molecule has 2 heterocycles. The number of hydrogen-bond acceptors (Lipinski definition) is 7. The maximum absolute atomic E-state index is 13.9. The molecule has 0 radical (unpaired) electrons. The fourth-order valence-corrected chi connectivity index (χ4v) is 4.82. The van der Waals surface area contributed by atoms with Crippen molar-refractivity contribution in [2.75, 3.05) is 0 Å². The van der Waals surface area contributed by atoms with Crippen LogP contribution in [-0.2, 0) is 19.4 Å². The van der Waals surface area contributed by atoms with Gasteiger partial charge in [0.15, 0.2) is 11.9 Å². The highest BCUT2D eigenvalue weighted by molar-refractivity contribution is 5.80. The maximum Gasteiger partial charge on any atom is 0.573 e. The number of alkyl halides is 3. The molecule has 0 aliphatic rings. The number of halogens is 3. The first-order chi connectivity index (χ1) is 20.2. The summed E-state index contributed by atoms with van der Waals surface area (Å²) in [6, 6.07) is 20.3. The summed E-state index contributed by atoms with van der Waals surface area (Å²) in [6.07, 6.45) is -3.74. The largest absolute Gasteiger partial charge is 0.573 e. The molecule has 0 spiro atoms. The van der Waals surface area contributed by atoms with Crippen LogP contribution in [0.3, 0.4) is 0 Å². The molecule has 0 aliphatic heterocycles. The number of ether oxygens (including phenoxy) is 1. The van der Waals surface area contributed by atoms with Crippen LogP contribution >= 0.6 is 0 Å². The van der Waals surface area contributed by atoms with Gasteiger partial charge in [0, 0.05) is 12.0 Å². The van der Waals surface area contributed by atoms with E-state index in [1.54, 1.807) is 10.6 Å². The quantitative estimate of drug-likeness (QED) is 0.207. The molecule has 0 aliphatic carbocycles. The van der Waals surface area contributed by atoms with E-state index in [0.717, 1.165) is 23.1 Å². The molecule has 8 nitrogen and oxygen atoms in total. The van der Waals surface area contributed by atoms with Crippen LogP contribution in [0.2, 0.25) is 0 Å². The average molecular weight is 576 g/mol. The smallest absolute Gasteiger partial charge is 0.528 e. The van der Waals surface area contributed by atoms with Crippen LogP contribution in [0.4, 0.5) is 13.2 Å². The van der Waals surface area contributed by atoms with Gasteiger partial charge in [-0.05, 0) is 47.2 Å². The Hall–Kier alpha value is -4.93. The van der Waals surface area contributed by atoms with Gasteiger partial charge in [0.2, 0.25) is 0 Å². The Morgan fingerprint density at radius 2 is 1.57 bits per heavy atom. The second kappa shape index (κ2) is 11.9. The van der Waals surface area contributed by atoms with Crippen molar-refractivity contribution >= 4 is 0 Å². The van der Waals surface area contributed by atoms with Crippen LogP contribution in [0.5, 0.6) is 11.8 Å². The summed E-state index contributed by atoms with van der Waals surface area (Å²) in [5, 5.41) is 15.2. The highest BCUT2D eigenvalue weighted by Gasteiger charge is 2.31. The van der Waals surface area contributed by atoms with Gasteiger partial charge in [-0.2, -0.15) is 5.16 Å². The lowest BCUT2D eigenvalue weighted by atomic mass is 9.98. The van der Waals surface area contributed by atoms with E-state index in [9.17, 15) is 23.1 Å². The molecule has 216 valence electrons. The highest BCUT2D eigenvalue weighted by atomic mass is 19.4. The van der Waals surface area contributed by atoms with Gasteiger partial charge in [-0.1, -0.05) is 74.5 Å². The minimum absolute atomic E-state index is 0.197. The van der Waals surface area contributed by atoms with Gasteiger partial charge < -0.3 is 14.4 Å². The van der Waals surface area contributed by atoms with Gasteiger partial charge in [0.05, 0.1) is 17.8 Å². The predicted octanol–water partition coefficient (Wildman–Crippen LogP) is 6.16. The van der Waals surface area contributed by atoms with Crippen molar-refractivity contribution in [3.05, 3.63) is 100 Å². The van der Waals surface area contributed by atoms with E-state index < -0.39 is 12.4 Å². The summed E-state index contributed by atoms with van der Waals surface area (Å²) in [6.45, 7) is 4.14. The Morgan fingerprint density at radius 1 is 0.905 bits per heavy atom. The molecule has 11 heteroatoms. The zero-order valence-corrected chi connectivity index (χ0v) is 22.8. The Labute approximate surface area is 239 Å². The first-order valence-corrected chi connectivity index (χ1v) is 13.3. The first-order valence-electron chi connectivity index (χ1n) is 13.3. The van der Waals surface area contributed by atoms with Crippen molar-refractivity contribution in [1.82, 2.24) is 19.7 Å². The number of aryl methyl sites for hydroxylation is 2. The van der Waals surface area contributed by atoms with Gasteiger partial charge >= 0.3 is 6.36 Å². The van der Waals surface area contributed by atoms with Crippen molar-refractivity contribution in [3.63, 3.8) is 0 Å². The number of rotatable bonds is 9. The summed E-state index contributed by atoms with van der Waals surface area (Å²) in [4.78, 5) is 22.5. The second-order valence-electron chi connectivity index (χ2n) is 9.54. The van der Waals surface area contributed by atoms with Gasteiger partial charge in [0.25, 0.3) is 5.56 Å². The second-order valence-corrected chi connectivity index (χ2v) is 9.54. The van der Waals surface area contributed by atoms with Crippen molar-refractivity contribution in [2.24, 2.45) is 0 Å². The molecule has 42 heavy (non-hydrogen) atoms. The predicted molar refractivity (Wildman–Crippen MR) is 148 cm³/mol. The van der Waals surface area contributed by atoms with E-state index in [4.69, 9.17) is 4.98 Å². The third kappa shape index (κ3) is 6.19. The van der Waals surface area contributed by atoms with Crippen molar-refractivity contribution in [1.29, 1.82) is 0 Å². The molecule has 0 amide bonds. The number of nitrogens with zero attached hydrogens (tertiary/aromatic N) is 4.